The molecule has 0 aliphatic rings. The van der Waals surface area contributed by atoms with E-state index in [1.807, 2.05) is 0 Å². The maximum atomic E-state index is 13.0. The maximum absolute atomic E-state index is 13.0. The highest BCUT2D eigenvalue weighted by Gasteiger charge is 2.12. The molecule has 0 aliphatic heterocycles. The van der Waals surface area contributed by atoms with Gasteiger partial charge in [0.1, 0.15) is 5.82 Å². The lowest BCUT2D eigenvalue weighted by molar-refractivity contribution is 0.0744. The quantitative estimate of drug-likeness (QED) is 0.782. The fourth-order valence-electron chi connectivity index (χ4n) is 1.33. The van der Waals surface area contributed by atoms with Gasteiger partial charge in [0.15, 0.2) is 0 Å². The molecule has 0 radical (unpaired) electrons. The van der Waals surface area contributed by atoms with Crippen LogP contribution in [0.5, 0.6) is 0 Å². The van der Waals surface area contributed by atoms with Gasteiger partial charge in [-0.2, -0.15) is 0 Å². The molecule has 1 aromatic rings. The molecular weight excluding hydrogens is 209 g/mol. The summed E-state index contributed by atoms with van der Waals surface area (Å²) in [4.78, 5) is 13.4. The first-order chi connectivity index (χ1) is 7.56. The fraction of sp³-hybridized carbons (Fsp3) is 0.417. The monoisotopic (exact) mass is 225 g/mol. The first-order valence-corrected chi connectivity index (χ1v) is 5.07. The van der Waals surface area contributed by atoms with Gasteiger partial charge in [-0.3, -0.25) is 4.79 Å². The number of hydrogen-bond donors (Lipinski definition) is 0. The normalized spacial score (nSPS) is 10.2. The van der Waals surface area contributed by atoms with E-state index in [0.717, 1.165) is 0 Å². The number of likely N-dealkylation sites (N-methyl/N-ethyl adjacent to an activating group) is 1. The lowest BCUT2D eigenvalue weighted by Gasteiger charge is -2.16. The van der Waals surface area contributed by atoms with Gasteiger partial charge in [0, 0.05) is 26.3 Å². The molecule has 3 nitrogen and oxygen atoms in total. The van der Waals surface area contributed by atoms with Crippen LogP contribution in [0.4, 0.5) is 4.39 Å². The van der Waals surface area contributed by atoms with Crippen molar-refractivity contribution in [3.63, 3.8) is 0 Å². The Bertz CT molecular complexity index is 379. The molecule has 0 fully saturated rings. The molecule has 0 atom stereocenters. The number of carbonyl (C=O) groups is 1. The maximum Gasteiger partial charge on any atom is 0.253 e. The zero-order valence-electron chi connectivity index (χ0n) is 9.79. The van der Waals surface area contributed by atoms with Crippen LogP contribution in [0.3, 0.4) is 0 Å². The Hall–Kier alpha value is -1.42. The second kappa shape index (κ2) is 5.61. The summed E-state index contributed by atoms with van der Waals surface area (Å²) in [5, 5.41) is 0. The zero-order valence-corrected chi connectivity index (χ0v) is 9.79. The lowest BCUT2D eigenvalue weighted by Crippen LogP contribution is -2.30. The van der Waals surface area contributed by atoms with Crippen molar-refractivity contribution in [2.24, 2.45) is 0 Å². The summed E-state index contributed by atoms with van der Waals surface area (Å²) >= 11 is 0. The van der Waals surface area contributed by atoms with Gasteiger partial charge in [0.05, 0.1) is 6.61 Å². The standard InChI is InChI=1S/C12H16FNO2/c1-9-8-10(4-5-11(9)13)12(15)14(2)6-7-16-3/h4-5,8H,6-7H2,1-3H3. The van der Waals surface area contributed by atoms with Crippen molar-refractivity contribution in [1.29, 1.82) is 0 Å². The number of halogens is 1. The molecule has 0 N–H and O–H groups in total. The number of ether oxygens (including phenoxy) is 1. The van der Waals surface area contributed by atoms with Crippen molar-refractivity contribution in [2.45, 2.75) is 6.92 Å². The van der Waals surface area contributed by atoms with E-state index >= 15 is 0 Å². The van der Waals surface area contributed by atoms with Crippen molar-refractivity contribution in [1.82, 2.24) is 4.90 Å². The summed E-state index contributed by atoms with van der Waals surface area (Å²) < 4.78 is 17.9. The lowest BCUT2D eigenvalue weighted by atomic mass is 10.1. The van der Waals surface area contributed by atoms with Gasteiger partial charge in [0.25, 0.3) is 5.91 Å². The van der Waals surface area contributed by atoms with Crippen LogP contribution in [-0.2, 0) is 4.74 Å². The molecule has 0 aliphatic carbocycles. The molecule has 4 heteroatoms. The number of benzene rings is 1. The number of amides is 1. The summed E-state index contributed by atoms with van der Waals surface area (Å²) in [6.45, 7) is 2.65. The summed E-state index contributed by atoms with van der Waals surface area (Å²) in [6, 6.07) is 4.36. The minimum absolute atomic E-state index is 0.125. The number of methoxy groups -OCH3 is 1. The van der Waals surface area contributed by atoms with Crippen LogP contribution in [0.15, 0.2) is 18.2 Å². The molecule has 16 heavy (non-hydrogen) atoms. The average molecular weight is 225 g/mol. The summed E-state index contributed by atoms with van der Waals surface area (Å²) in [5.41, 5.74) is 0.975. The summed E-state index contributed by atoms with van der Waals surface area (Å²) in [7, 11) is 3.28. The van der Waals surface area contributed by atoms with E-state index in [2.05, 4.69) is 0 Å². The van der Waals surface area contributed by atoms with Crippen molar-refractivity contribution in [3.8, 4) is 0 Å². The molecule has 1 amide bonds. The third-order valence-corrected chi connectivity index (χ3v) is 2.38. The van der Waals surface area contributed by atoms with Crippen molar-refractivity contribution >= 4 is 5.91 Å². The molecule has 0 heterocycles. The number of carbonyl (C=O) groups excluding carboxylic acids is 1. The van der Waals surface area contributed by atoms with E-state index in [1.165, 1.54) is 12.1 Å². The highest BCUT2D eigenvalue weighted by Crippen LogP contribution is 2.10. The van der Waals surface area contributed by atoms with Gasteiger partial charge in [-0.05, 0) is 30.7 Å². The van der Waals surface area contributed by atoms with E-state index in [-0.39, 0.29) is 11.7 Å². The predicted octanol–water partition coefficient (Wildman–Crippen LogP) is 1.85. The molecule has 1 aromatic carbocycles. The molecule has 0 bridgehead atoms. The molecule has 0 spiro atoms. The highest BCUT2D eigenvalue weighted by molar-refractivity contribution is 5.94. The SMILES string of the molecule is COCCN(C)C(=O)c1ccc(F)c(C)c1. The first-order valence-electron chi connectivity index (χ1n) is 5.07. The van der Waals surface area contributed by atoms with Crippen LogP contribution in [0.25, 0.3) is 0 Å². The Morgan fingerprint density at radius 1 is 1.50 bits per heavy atom. The zero-order chi connectivity index (χ0) is 12.1. The molecule has 1 rings (SSSR count). The van der Waals surface area contributed by atoms with E-state index in [4.69, 9.17) is 4.74 Å². The van der Waals surface area contributed by atoms with Crippen molar-refractivity contribution in [3.05, 3.63) is 35.1 Å². The topological polar surface area (TPSA) is 29.5 Å². The average Bonchev–Trinajstić information content (AvgIpc) is 2.28. The smallest absolute Gasteiger partial charge is 0.253 e. The number of nitrogens with zero attached hydrogens (tertiary/aromatic N) is 1. The Labute approximate surface area is 94.8 Å². The van der Waals surface area contributed by atoms with Crippen molar-refractivity contribution in [2.75, 3.05) is 27.3 Å². The van der Waals surface area contributed by atoms with Crippen LogP contribution in [0, 0.1) is 12.7 Å². The number of rotatable bonds is 4. The highest BCUT2D eigenvalue weighted by atomic mass is 19.1. The fourth-order valence-corrected chi connectivity index (χ4v) is 1.33. The number of aryl methyl sites for hydroxylation is 1. The Morgan fingerprint density at radius 2 is 2.19 bits per heavy atom. The van der Waals surface area contributed by atoms with Gasteiger partial charge in [-0.1, -0.05) is 0 Å². The molecule has 0 unspecified atom stereocenters. The van der Waals surface area contributed by atoms with E-state index in [0.29, 0.717) is 24.3 Å². The third kappa shape index (κ3) is 3.03. The molecular formula is C12H16FNO2. The van der Waals surface area contributed by atoms with Crippen LogP contribution < -0.4 is 0 Å². The van der Waals surface area contributed by atoms with Crippen LogP contribution in [-0.4, -0.2) is 38.1 Å². The Balaban J connectivity index is 2.76. The molecule has 0 saturated heterocycles. The van der Waals surface area contributed by atoms with Gasteiger partial charge < -0.3 is 9.64 Å². The second-order valence-corrected chi connectivity index (χ2v) is 3.68. The van der Waals surface area contributed by atoms with E-state index < -0.39 is 0 Å². The minimum Gasteiger partial charge on any atom is -0.383 e. The summed E-state index contributed by atoms with van der Waals surface area (Å²) in [5.74, 6) is -0.420. The van der Waals surface area contributed by atoms with Gasteiger partial charge in [-0.15, -0.1) is 0 Å². The van der Waals surface area contributed by atoms with Crippen molar-refractivity contribution < 1.29 is 13.9 Å². The van der Waals surface area contributed by atoms with E-state index in [1.54, 1.807) is 32.0 Å². The van der Waals surface area contributed by atoms with Crippen LogP contribution in [0.1, 0.15) is 15.9 Å². The largest absolute Gasteiger partial charge is 0.383 e. The van der Waals surface area contributed by atoms with Gasteiger partial charge >= 0.3 is 0 Å². The van der Waals surface area contributed by atoms with E-state index in [9.17, 15) is 9.18 Å². The van der Waals surface area contributed by atoms with Crippen LogP contribution in [0.2, 0.25) is 0 Å². The second-order valence-electron chi connectivity index (χ2n) is 3.68. The Morgan fingerprint density at radius 3 is 2.75 bits per heavy atom. The first kappa shape index (κ1) is 12.6. The Kier molecular flexibility index (Phi) is 4.43. The number of hydrogen-bond acceptors (Lipinski definition) is 2. The molecule has 88 valence electrons. The predicted molar refractivity (Wildman–Crippen MR) is 60.0 cm³/mol. The third-order valence-electron chi connectivity index (χ3n) is 2.38. The van der Waals surface area contributed by atoms with Crippen LogP contribution >= 0.6 is 0 Å². The molecule has 0 saturated carbocycles. The van der Waals surface area contributed by atoms with Gasteiger partial charge in [-0.25, -0.2) is 4.39 Å². The molecule has 0 aromatic heterocycles. The minimum atomic E-state index is -0.295. The van der Waals surface area contributed by atoms with Gasteiger partial charge in [0.2, 0.25) is 0 Å². The summed E-state index contributed by atoms with van der Waals surface area (Å²) in [6.07, 6.45) is 0.